The van der Waals surface area contributed by atoms with Crippen molar-refractivity contribution < 1.29 is 18.7 Å². The van der Waals surface area contributed by atoms with Crippen molar-refractivity contribution >= 4 is 35.1 Å². The van der Waals surface area contributed by atoms with Crippen molar-refractivity contribution in [2.24, 2.45) is 5.73 Å². The van der Waals surface area contributed by atoms with Gasteiger partial charge in [0.1, 0.15) is 11.9 Å². The number of amides is 2. The van der Waals surface area contributed by atoms with Crippen LogP contribution in [0, 0.1) is 5.82 Å². The normalized spacial score (nSPS) is 20.5. The van der Waals surface area contributed by atoms with E-state index >= 15 is 0 Å². The molecular formula is C19H28FN5O3S. The number of halogens is 1. The number of benzene rings is 1. The Labute approximate surface area is 174 Å². The van der Waals surface area contributed by atoms with E-state index in [4.69, 9.17) is 10.5 Å². The number of cyclic esters (lactones) is 1. The van der Waals surface area contributed by atoms with Gasteiger partial charge in [0.2, 0.25) is 5.91 Å². The Morgan fingerprint density at radius 3 is 2.90 bits per heavy atom. The summed E-state index contributed by atoms with van der Waals surface area (Å²) in [5.41, 5.74) is 6.81. The fourth-order valence-corrected chi connectivity index (χ4v) is 3.88. The van der Waals surface area contributed by atoms with E-state index < -0.39 is 18.2 Å². The first kappa shape index (κ1) is 21.7. The van der Waals surface area contributed by atoms with Crippen LogP contribution in [0.15, 0.2) is 18.2 Å². The fourth-order valence-electron chi connectivity index (χ4n) is 3.39. The zero-order chi connectivity index (χ0) is 20.8. The molecule has 1 aromatic rings. The molecule has 160 valence electrons. The number of ether oxygens (including phenoxy) is 1. The number of nitrogens with one attached hydrogen (secondary N) is 2. The molecule has 2 atom stereocenters. The summed E-state index contributed by atoms with van der Waals surface area (Å²) in [5, 5.41) is 5.96. The third-order valence-corrected chi connectivity index (χ3v) is 5.69. The number of hydrogen-bond acceptors (Lipinski definition) is 7. The molecule has 0 aliphatic carbocycles. The fraction of sp³-hybridized carbons (Fsp3) is 0.579. The Balaban J connectivity index is 1.56. The Morgan fingerprint density at radius 1 is 1.45 bits per heavy atom. The van der Waals surface area contributed by atoms with Crippen LogP contribution in [0.4, 0.5) is 20.6 Å². The van der Waals surface area contributed by atoms with Crippen molar-refractivity contribution in [3.05, 3.63) is 24.0 Å². The minimum Gasteiger partial charge on any atom is -0.442 e. The summed E-state index contributed by atoms with van der Waals surface area (Å²) >= 11 is 1.63. The van der Waals surface area contributed by atoms with Gasteiger partial charge in [-0.15, -0.1) is 0 Å². The smallest absolute Gasteiger partial charge is 0.414 e. The summed E-state index contributed by atoms with van der Waals surface area (Å²) in [7, 11) is 0. The zero-order valence-corrected chi connectivity index (χ0v) is 17.3. The van der Waals surface area contributed by atoms with Gasteiger partial charge in [0.15, 0.2) is 0 Å². The van der Waals surface area contributed by atoms with Crippen molar-refractivity contribution in [2.75, 3.05) is 61.1 Å². The van der Waals surface area contributed by atoms with Gasteiger partial charge in [-0.05, 0) is 36.6 Å². The van der Waals surface area contributed by atoms with Gasteiger partial charge in [0.25, 0.3) is 0 Å². The predicted octanol–water partition coefficient (Wildman–Crippen LogP) is 0.757. The number of anilines is 2. The molecule has 2 fully saturated rings. The number of nitrogens with two attached hydrogens (primary N) is 1. The molecule has 1 aromatic carbocycles. The number of thioether (sulfide) groups is 1. The molecule has 8 nitrogen and oxygen atoms in total. The Kier molecular flexibility index (Phi) is 7.57. The molecule has 0 saturated carbocycles. The van der Waals surface area contributed by atoms with Crippen molar-refractivity contribution in [1.82, 2.24) is 10.6 Å². The molecule has 0 bridgehead atoms. The van der Waals surface area contributed by atoms with Crippen LogP contribution in [0.3, 0.4) is 0 Å². The van der Waals surface area contributed by atoms with Crippen LogP contribution in [0.2, 0.25) is 0 Å². The Morgan fingerprint density at radius 2 is 2.21 bits per heavy atom. The van der Waals surface area contributed by atoms with Crippen molar-refractivity contribution in [2.45, 2.75) is 18.6 Å². The van der Waals surface area contributed by atoms with E-state index in [1.807, 2.05) is 11.2 Å². The summed E-state index contributed by atoms with van der Waals surface area (Å²) < 4.78 is 20.0. The van der Waals surface area contributed by atoms with E-state index in [1.54, 1.807) is 23.9 Å². The van der Waals surface area contributed by atoms with Gasteiger partial charge >= 0.3 is 6.09 Å². The number of hydrogen-bond donors (Lipinski definition) is 3. The molecular weight excluding hydrogens is 397 g/mol. The highest BCUT2D eigenvalue weighted by Crippen LogP contribution is 2.28. The molecule has 1 unspecified atom stereocenters. The number of rotatable bonds is 8. The molecule has 2 saturated heterocycles. The molecule has 0 aromatic heterocycles. The first-order chi connectivity index (χ1) is 14.0. The van der Waals surface area contributed by atoms with Gasteiger partial charge in [-0.25, -0.2) is 9.18 Å². The summed E-state index contributed by atoms with van der Waals surface area (Å²) in [4.78, 5) is 27.6. The molecule has 29 heavy (non-hydrogen) atoms. The van der Waals surface area contributed by atoms with Crippen LogP contribution >= 0.6 is 11.8 Å². The molecule has 2 aliphatic rings. The second kappa shape index (κ2) is 10.1. The average molecular weight is 426 g/mol. The lowest BCUT2D eigenvalue weighted by Crippen LogP contribution is -2.44. The molecule has 2 aliphatic heterocycles. The van der Waals surface area contributed by atoms with Gasteiger partial charge in [-0.2, -0.15) is 11.8 Å². The predicted molar refractivity (Wildman–Crippen MR) is 113 cm³/mol. The van der Waals surface area contributed by atoms with Crippen LogP contribution in [0.5, 0.6) is 0 Å². The standard InChI is InChI=1S/C19H28FN5O3S/c1-29-9-4-16(21)18(26)23-11-14-12-25(19(27)28-14)13-2-3-17(15(20)10-13)24-7-5-22-6-8-24/h2-3,10,14,16,22H,4-9,11-12,21H2,1H3,(H,23,26)/t14?,16-/m1/s1. The molecule has 0 spiro atoms. The summed E-state index contributed by atoms with van der Waals surface area (Å²) in [6.45, 7) is 3.52. The quantitative estimate of drug-likeness (QED) is 0.565. The van der Waals surface area contributed by atoms with Gasteiger partial charge in [0, 0.05) is 26.2 Å². The molecule has 10 heteroatoms. The third kappa shape index (κ3) is 5.52. The lowest BCUT2D eigenvalue weighted by atomic mass is 10.2. The number of carbonyl (C=O) groups excluding carboxylic acids is 2. The largest absolute Gasteiger partial charge is 0.442 e. The summed E-state index contributed by atoms with van der Waals surface area (Å²) in [6.07, 6.45) is 1.49. The molecule has 3 rings (SSSR count). The minimum absolute atomic E-state index is 0.176. The van der Waals surface area contributed by atoms with E-state index in [2.05, 4.69) is 10.6 Å². The summed E-state index contributed by atoms with van der Waals surface area (Å²) in [6, 6.07) is 4.20. The van der Waals surface area contributed by atoms with Crippen LogP contribution < -0.4 is 26.2 Å². The van der Waals surface area contributed by atoms with E-state index in [-0.39, 0.29) is 24.8 Å². The topological polar surface area (TPSA) is 99.9 Å². The van der Waals surface area contributed by atoms with Crippen LogP contribution in [0.25, 0.3) is 0 Å². The average Bonchev–Trinajstić information content (AvgIpc) is 3.11. The maximum Gasteiger partial charge on any atom is 0.414 e. The minimum atomic E-state index is -0.581. The Bertz CT molecular complexity index is 732. The molecule has 2 heterocycles. The second-order valence-electron chi connectivity index (χ2n) is 7.12. The highest BCUT2D eigenvalue weighted by atomic mass is 32.2. The molecule has 4 N–H and O–H groups in total. The second-order valence-corrected chi connectivity index (χ2v) is 8.11. The van der Waals surface area contributed by atoms with E-state index in [9.17, 15) is 14.0 Å². The molecule has 2 amide bonds. The van der Waals surface area contributed by atoms with Crippen molar-refractivity contribution in [1.29, 1.82) is 0 Å². The van der Waals surface area contributed by atoms with Gasteiger partial charge in [-0.1, -0.05) is 0 Å². The van der Waals surface area contributed by atoms with Gasteiger partial charge in [-0.3, -0.25) is 9.69 Å². The lowest BCUT2D eigenvalue weighted by Gasteiger charge is -2.30. The SMILES string of the molecule is CSCC[C@@H](N)C(=O)NCC1CN(c2ccc(N3CCNCC3)c(F)c2)C(=O)O1. The van der Waals surface area contributed by atoms with Gasteiger partial charge < -0.3 is 26.0 Å². The number of nitrogens with zero attached hydrogens (tertiary/aromatic N) is 2. The third-order valence-electron chi connectivity index (χ3n) is 5.05. The first-order valence-electron chi connectivity index (χ1n) is 9.75. The monoisotopic (exact) mass is 425 g/mol. The van der Waals surface area contributed by atoms with Gasteiger partial charge in [0.05, 0.1) is 30.5 Å². The van der Waals surface area contributed by atoms with Crippen molar-refractivity contribution in [3.8, 4) is 0 Å². The van der Waals surface area contributed by atoms with Crippen LogP contribution in [-0.4, -0.2) is 75.4 Å². The van der Waals surface area contributed by atoms with E-state index in [0.717, 1.165) is 31.9 Å². The maximum atomic E-state index is 14.6. The highest BCUT2D eigenvalue weighted by molar-refractivity contribution is 7.98. The van der Waals surface area contributed by atoms with Crippen molar-refractivity contribution in [3.63, 3.8) is 0 Å². The number of carbonyl (C=O) groups is 2. The van der Waals surface area contributed by atoms with Crippen LogP contribution in [-0.2, 0) is 9.53 Å². The van der Waals surface area contributed by atoms with E-state index in [1.165, 1.54) is 11.0 Å². The van der Waals surface area contributed by atoms with Crippen LogP contribution in [0.1, 0.15) is 6.42 Å². The summed E-state index contributed by atoms with van der Waals surface area (Å²) in [5.74, 6) is 0.171. The lowest BCUT2D eigenvalue weighted by molar-refractivity contribution is -0.122. The Hall–Kier alpha value is -2.04. The number of piperazine rings is 1. The first-order valence-corrected chi connectivity index (χ1v) is 11.1. The molecule has 0 radical (unpaired) electrons. The van der Waals surface area contributed by atoms with E-state index in [0.29, 0.717) is 17.8 Å². The maximum absolute atomic E-state index is 14.6. The zero-order valence-electron chi connectivity index (χ0n) is 16.5. The highest BCUT2D eigenvalue weighted by Gasteiger charge is 2.33.